The molecule has 0 saturated heterocycles. The lowest BCUT2D eigenvalue weighted by Gasteiger charge is -2.22. The number of hydrogen-bond acceptors (Lipinski definition) is 2. The number of thiophene rings is 1. The first-order chi connectivity index (χ1) is 7.58. The van der Waals surface area contributed by atoms with E-state index in [1.54, 1.807) is 11.3 Å². The molecule has 0 aliphatic heterocycles. The van der Waals surface area contributed by atoms with E-state index >= 15 is 0 Å². The molecular weight excluding hydrogens is 284 g/mol. The Balaban J connectivity index is 2.18. The minimum Gasteiger partial charge on any atom is -0.385 e. The van der Waals surface area contributed by atoms with E-state index in [1.165, 1.54) is 0 Å². The van der Waals surface area contributed by atoms with Crippen LogP contribution in [0.25, 0.3) is 0 Å². The molecule has 0 aliphatic rings. The minimum absolute atomic E-state index is 0.636. The first-order valence-electron chi connectivity index (χ1n) is 5.07. The average molecular weight is 297 g/mol. The molecule has 1 heterocycles. The molecule has 2 rings (SSSR count). The quantitative estimate of drug-likeness (QED) is 0.909. The smallest absolute Gasteiger partial charge is 0.0916 e. The van der Waals surface area contributed by atoms with Crippen molar-refractivity contribution in [2.24, 2.45) is 0 Å². The molecule has 1 nitrogen and oxygen atoms in total. The lowest BCUT2D eigenvalue weighted by molar-refractivity contribution is 0.0581. The zero-order valence-electron chi connectivity index (χ0n) is 8.98. The fourth-order valence-corrected chi connectivity index (χ4v) is 2.72. The molecule has 0 amide bonds. The van der Waals surface area contributed by atoms with Crippen LogP contribution in [0.1, 0.15) is 18.1 Å². The SMILES string of the molecule is CC(O)(Cc1ccc(Br)cc1)c1ccsc1. The van der Waals surface area contributed by atoms with Crippen molar-refractivity contribution in [1.29, 1.82) is 0 Å². The van der Waals surface area contributed by atoms with Crippen molar-refractivity contribution >= 4 is 27.3 Å². The highest BCUT2D eigenvalue weighted by Gasteiger charge is 2.23. The second-order valence-electron chi connectivity index (χ2n) is 4.09. The molecule has 1 aromatic carbocycles. The van der Waals surface area contributed by atoms with Gasteiger partial charge in [-0.25, -0.2) is 0 Å². The average Bonchev–Trinajstić information content (AvgIpc) is 2.75. The van der Waals surface area contributed by atoms with Crippen molar-refractivity contribution in [3.8, 4) is 0 Å². The van der Waals surface area contributed by atoms with Crippen molar-refractivity contribution in [1.82, 2.24) is 0 Å². The molecule has 1 aromatic heterocycles. The van der Waals surface area contributed by atoms with Crippen LogP contribution < -0.4 is 0 Å². The molecule has 1 unspecified atom stereocenters. The van der Waals surface area contributed by atoms with Crippen LogP contribution in [0.2, 0.25) is 0 Å². The van der Waals surface area contributed by atoms with Crippen LogP contribution in [-0.4, -0.2) is 5.11 Å². The van der Waals surface area contributed by atoms with Gasteiger partial charge in [-0.15, -0.1) is 0 Å². The Kier molecular flexibility index (Phi) is 3.47. The standard InChI is InChI=1S/C13H13BrOS/c1-13(15,11-6-7-16-9-11)8-10-2-4-12(14)5-3-10/h2-7,9,15H,8H2,1H3. The summed E-state index contributed by atoms with van der Waals surface area (Å²) < 4.78 is 1.06. The summed E-state index contributed by atoms with van der Waals surface area (Å²) in [6, 6.07) is 10.0. The highest BCUT2D eigenvalue weighted by Crippen LogP contribution is 2.27. The topological polar surface area (TPSA) is 20.2 Å². The van der Waals surface area contributed by atoms with Crippen molar-refractivity contribution in [2.75, 3.05) is 0 Å². The van der Waals surface area contributed by atoms with Crippen molar-refractivity contribution in [3.63, 3.8) is 0 Å². The Labute approximate surface area is 108 Å². The largest absolute Gasteiger partial charge is 0.385 e. The third-order valence-corrected chi connectivity index (χ3v) is 3.82. The molecule has 2 aromatic rings. The van der Waals surface area contributed by atoms with Crippen LogP contribution in [0.5, 0.6) is 0 Å². The lowest BCUT2D eigenvalue weighted by Crippen LogP contribution is -2.23. The van der Waals surface area contributed by atoms with Crippen molar-refractivity contribution in [2.45, 2.75) is 18.9 Å². The predicted octanol–water partition coefficient (Wildman–Crippen LogP) is 3.96. The molecule has 0 aliphatic carbocycles. The second-order valence-corrected chi connectivity index (χ2v) is 5.78. The fraction of sp³-hybridized carbons (Fsp3) is 0.231. The Morgan fingerprint density at radius 1 is 1.25 bits per heavy atom. The van der Waals surface area contributed by atoms with E-state index in [-0.39, 0.29) is 0 Å². The summed E-state index contributed by atoms with van der Waals surface area (Å²) in [5.74, 6) is 0. The Bertz CT molecular complexity index is 445. The third-order valence-electron chi connectivity index (χ3n) is 2.60. The summed E-state index contributed by atoms with van der Waals surface area (Å²) in [5, 5.41) is 14.4. The number of rotatable bonds is 3. The van der Waals surface area contributed by atoms with Gasteiger partial charge in [-0.3, -0.25) is 0 Å². The van der Waals surface area contributed by atoms with E-state index in [4.69, 9.17) is 0 Å². The number of benzene rings is 1. The first-order valence-corrected chi connectivity index (χ1v) is 6.81. The summed E-state index contributed by atoms with van der Waals surface area (Å²) in [6.45, 7) is 1.86. The summed E-state index contributed by atoms with van der Waals surface area (Å²) in [7, 11) is 0. The van der Waals surface area contributed by atoms with Crippen LogP contribution in [0.4, 0.5) is 0 Å². The lowest BCUT2D eigenvalue weighted by atomic mass is 9.91. The van der Waals surface area contributed by atoms with E-state index in [9.17, 15) is 5.11 Å². The summed E-state index contributed by atoms with van der Waals surface area (Å²) in [6.07, 6.45) is 0.636. The van der Waals surface area contributed by atoms with E-state index in [0.717, 1.165) is 15.6 Å². The maximum absolute atomic E-state index is 10.4. The van der Waals surface area contributed by atoms with Crippen LogP contribution in [0.3, 0.4) is 0 Å². The highest BCUT2D eigenvalue weighted by molar-refractivity contribution is 9.10. The Morgan fingerprint density at radius 2 is 1.94 bits per heavy atom. The van der Waals surface area contributed by atoms with Gasteiger partial charge in [0.15, 0.2) is 0 Å². The van der Waals surface area contributed by atoms with Crippen LogP contribution >= 0.6 is 27.3 Å². The third kappa shape index (κ3) is 2.73. The molecule has 16 heavy (non-hydrogen) atoms. The van der Waals surface area contributed by atoms with Gasteiger partial charge in [0, 0.05) is 10.9 Å². The first kappa shape index (κ1) is 11.8. The summed E-state index contributed by atoms with van der Waals surface area (Å²) in [5.41, 5.74) is 1.34. The zero-order chi connectivity index (χ0) is 11.6. The van der Waals surface area contributed by atoms with Crippen molar-refractivity contribution in [3.05, 3.63) is 56.7 Å². The van der Waals surface area contributed by atoms with E-state index < -0.39 is 5.60 Å². The molecule has 3 heteroatoms. The van der Waals surface area contributed by atoms with Gasteiger partial charge in [-0.1, -0.05) is 28.1 Å². The summed E-state index contributed by atoms with van der Waals surface area (Å²) in [4.78, 5) is 0. The molecule has 0 bridgehead atoms. The minimum atomic E-state index is -0.784. The molecular formula is C13H13BrOS. The molecule has 0 fully saturated rings. The van der Waals surface area contributed by atoms with Gasteiger partial charge in [-0.05, 0) is 47.0 Å². The van der Waals surface area contributed by atoms with E-state index in [0.29, 0.717) is 6.42 Å². The highest BCUT2D eigenvalue weighted by atomic mass is 79.9. The Morgan fingerprint density at radius 3 is 2.50 bits per heavy atom. The van der Waals surface area contributed by atoms with Crippen molar-refractivity contribution < 1.29 is 5.11 Å². The van der Waals surface area contributed by atoms with E-state index in [1.807, 2.05) is 48.0 Å². The number of hydrogen-bond donors (Lipinski definition) is 1. The van der Waals surface area contributed by atoms with Gasteiger partial charge in [0.25, 0.3) is 0 Å². The van der Waals surface area contributed by atoms with Crippen LogP contribution in [0, 0.1) is 0 Å². The monoisotopic (exact) mass is 296 g/mol. The van der Waals surface area contributed by atoms with Gasteiger partial charge in [-0.2, -0.15) is 11.3 Å². The Hall–Kier alpha value is -0.640. The van der Waals surface area contributed by atoms with Crippen LogP contribution in [0.15, 0.2) is 45.6 Å². The van der Waals surface area contributed by atoms with Gasteiger partial charge in [0.2, 0.25) is 0 Å². The maximum Gasteiger partial charge on any atom is 0.0916 e. The molecule has 0 radical (unpaired) electrons. The van der Waals surface area contributed by atoms with Gasteiger partial charge >= 0.3 is 0 Å². The maximum atomic E-state index is 10.4. The zero-order valence-corrected chi connectivity index (χ0v) is 11.4. The van der Waals surface area contributed by atoms with Gasteiger partial charge < -0.3 is 5.11 Å². The fourth-order valence-electron chi connectivity index (χ4n) is 1.67. The predicted molar refractivity (Wildman–Crippen MR) is 71.7 cm³/mol. The van der Waals surface area contributed by atoms with E-state index in [2.05, 4.69) is 15.9 Å². The molecule has 84 valence electrons. The molecule has 1 N–H and O–H groups in total. The molecule has 0 saturated carbocycles. The molecule has 1 atom stereocenters. The number of halogens is 1. The normalized spacial score (nSPS) is 14.7. The second kappa shape index (κ2) is 4.70. The molecule has 0 spiro atoms. The summed E-state index contributed by atoms with van der Waals surface area (Å²) >= 11 is 5.01. The van der Waals surface area contributed by atoms with Crippen LogP contribution in [-0.2, 0) is 12.0 Å². The van der Waals surface area contributed by atoms with Gasteiger partial charge in [0.05, 0.1) is 5.60 Å². The number of aliphatic hydroxyl groups is 1. The van der Waals surface area contributed by atoms with Gasteiger partial charge in [0.1, 0.15) is 0 Å².